The van der Waals surface area contributed by atoms with E-state index in [-0.39, 0.29) is 0 Å². The Balaban J connectivity index is 1.55. The predicted octanol–water partition coefficient (Wildman–Crippen LogP) is 4.03. The molecule has 0 aliphatic carbocycles. The predicted molar refractivity (Wildman–Crippen MR) is 86.7 cm³/mol. The van der Waals surface area contributed by atoms with E-state index >= 15 is 0 Å². The van der Waals surface area contributed by atoms with Crippen LogP contribution in [-0.4, -0.2) is 20.3 Å². The zero-order valence-electron chi connectivity index (χ0n) is 11.3. The number of hydrogen-bond acceptors (Lipinski definition) is 7. The smallest absolute Gasteiger partial charge is 0.237 e. The number of rotatable bonds is 4. The molecule has 0 N–H and O–H groups in total. The van der Waals surface area contributed by atoms with E-state index in [2.05, 4.69) is 20.3 Å². The van der Waals surface area contributed by atoms with Crippen molar-refractivity contribution in [2.24, 2.45) is 0 Å². The van der Waals surface area contributed by atoms with Crippen molar-refractivity contribution in [3.63, 3.8) is 0 Å². The molecule has 3 aromatic heterocycles. The molecule has 0 saturated heterocycles. The van der Waals surface area contributed by atoms with Gasteiger partial charge < -0.3 is 4.52 Å². The molecule has 0 atom stereocenters. The SMILES string of the molecule is c1ccc2c(SCc3nc(-c4ccsc4)no3)nncc2c1. The molecule has 0 fully saturated rings. The normalized spacial score (nSPS) is 11.1. The van der Waals surface area contributed by atoms with Crippen molar-refractivity contribution >= 4 is 33.9 Å². The Kier molecular flexibility index (Phi) is 3.57. The zero-order valence-corrected chi connectivity index (χ0v) is 13.0. The number of thiophene rings is 1. The fraction of sp³-hybridized carbons (Fsp3) is 0.0667. The zero-order chi connectivity index (χ0) is 14.8. The molecule has 108 valence electrons. The van der Waals surface area contributed by atoms with Gasteiger partial charge in [-0.1, -0.05) is 41.2 Å². The average Bonchev–Trinajstić information content (AvgIpc) is 3.24. The minimum atomic E-state index is 0.569. The first-order valence-electron chi connectivity index (χ1n) is 6.58. The largest absolute Gasteiger partial charge is 0.338 e. The number of hydrogen-bond donors (Lipinski definition) is 0. The molecule has 0 spiro atoms. The van der Waals surface area contributed by atoms with Crippen molar-refractivity contribution in [2.45, 2.75) is 10.8 Å². The van der Waals surface area contributed by atoms with E-state index in [1.165, 1.54) is 0 Å². The minimum Gasteiger partial charge on any atom is -0.338 e. The van der Waals surface area contributed by atoms with Crippen LogP contribution in [-0.2, 0) is 5.75 Å². The number of nitrogens with zero attached hydrogens (tertiary/aromatic N) is 4. The maximum absolute atomic E-state index is 5.30. The second kappa shape index (κ2) is 5.86. The molecule has 0 amide bonds. The maximum Gasteiger partial charge on any atom is 0.237 e. The third kappa shape index (κ3) is 2.60. The topological polar surface area (TPSA) is 64.7 Å². The molecule has 1 aromatic carbocycles. The molecule has 22 heavy (non-hydrogen) atoms. The van der Waals surface area contributed by atoms with Gasteiger partial charge in [-0.3, -0.25) is 0 Å². The Morgan fingerprint density at radius 1 is 1.18 bits per heavy atom. The molecule has 5 nitrogen and oxygen atoms in total. The molecule has 0 bridgehead atoms. The average molecular weight is 326 g/mol. The Morgan fingerprint density at radius 2 is 2.14 bits per heavy atom. The first-order valence-corrected chi connectivity index (χ1v) is 8.51. The molecule has 0 aliphatic heterocycles. The lowest BCUT2D eigenvalue weighted by Crippen LogP contribution is -1.88. The van der Waals surface area contributed by atoms with Crippen LogP contribution in [0.1, 0.15) is 5.89 Å². The van der Waals surface area contributed by atoms with Gasteiger partial charge in [-0.05, 0) is 11.4 Å². The van der Waals surface area contributed by atoms with Crippen LogP contribution in [0.5, 0.6) is 0 Å². The van der Waals surface area contributed by atoms with Crippen LogP contribution >= 0.6 is 23.1 Å². The highest BCUT2D eigenvalue weighted by Crippen LogP contribution is 2.27. The van der Waals surface area contributed by atoms with Crippen LogP contribution in [0.25, 0.3) is 22.2 Å². The Hall–Kier alpha value is -2.25. The van der Waals surface area contributed by atoms with Crippen LogP contribution in [0.4, 0.5) is 0 Å². The first-order chi connectivity index (χ1) is 10.9. The Morgan fingerprint density at radius 3 is 3.05 bits per heavy atom. The fourth-order valence-electron chi connectivity index (χ4n) is 2.06. The highest BCUT2D eigenvalue weighted by molar-refractivity contribution is 7.98. The minimum absolute atomic E-state index is 0.569. The summed E-state index contributed by atoms with van der Waals surface area (Å²) in [5.41, 5.74) is 0.981. The number of fused-ring (bicyclic) bond motifs is 1. The van der Waals surface area contributed by atoms with Crippen LogP contribution in [0.2, 0.25) is 0 Å². The summed E-state index contributed by atoms with van der Waals surface area (Å²) in [7, 11) is 0. The molecular formula is C15H10N4OS2. The molecule has 7 heteroatoms. The van der Waals surface area contributed by atoms with E-state index in [1.807, 2.05) is 41.1 Å². The summed E-state index contributed by atoms with van der Waals surface area (Å²) in [6, 6.07) is 10.0. The maximum atomic E-state index is 5.30. The van der Waals surface area contributed by atoms with E-state index < -0.39 is 0 Å². The summed E-state index contributed by atoms with van der Waals surface area (Å²) in [6.45, 7) is 0. The summed E-state index contributed by atoms with van der Waals surface area (Å²) in [4.78, 5) is 4.41. The van der Waals surface area contributed by atoms with Gasteiger partial charge in [-0.25, -0.2) is 0 Å². The highest BCUT2D eigenvalue weighted by atomic mass is 32.2. The van der Waals surface area contributed by atoms with Gasteiger partial charge in [0.15, 0.2) is 0 Å². The van der Waals surface area contributed by atoms with Gasteiger partial charge in [0, 0.05) is 21.7 Å². The number of thioether (sulfide) groups is 1. The molecule has 0 aliphatic rings. The quantitative estimate of drug-likeness (QED) is 0.527. The van der Waals surface area contributed by atoms with E-state index in [1.54, 1.807) is 29.3 Å². The fourth-order valence-corrected chi connectivity index (χ4v) is 3.52. The van der Waals surface area contributed by atoms with Crippen molar-refractivity contribution in [2.75, 3.05) is 0 Å². The second-order valence-electron chi connectivity index (χ2n) is 4.55. The summed E-state index contributed by atoms with van der Waals surface area (Å²) in [5, 5.41) is 19.3. The van der Waals surface area contributed by atoms with Gasteiger partial charge in [0.1, 0.15) is 5.03 Å². The van der Waals surface area contributed by atoms with Gasteiger partial charge in [0.2, 0.25) is 11.7 Å². The van der Waals surface area contributed by atoms with E-state index in [9.17, 15) is 0 Å². The van der Waals surface area contributed by atoms with Crippen LogP contribution in [0, 0.1) is 0 Å². The van der Waals surface area contributed by atoms with Crippen molar-refractivity contribution in [1.82, 2.24) is 20.3 Å². The lowest BCUT2D eigenvalue weighted by molar-refractivity contribution is 0.391. The van der Waals surface area contributed by atoms with Gasteiger partial charge in [0.05, 0.1) is 11.9 Å². The summed E-state index contributed by atoms with van der Waals surface area (Å²) in [5.74, 6) is 1.78. The highest BCUT2D eigenvalue weighted by Gasteiger charge is 2.11. The Labute approximate surface area is 134 Å². The van der Waals surface area contributed by atoms with Gasteiger partial charge in [-0.2, -0.15) is 21.4 Å². The summed E-state index contributed by atoms with van der Waals surface area (Å²) in [6.07, 6.45) is 1.76. The lowest BCUT2D eigenvalue weighted by Gasteiger charge is -2.01. The van der Waals surface area contributed by atoms with Gasteiger partial charge >= 0.3 is 0 Å². The van der Waals surface area contributed by atoms with Crippen molar-refractivity contribution in [3.05, 3.63) is 53.2 Å². The molecule has 0 saturated carbocycles. The van der Waals surface area contributed by atoms with Crippen LogP contribution in [0.15, 0.2) is 56.8 Å². The van der Waals surface area contributed by atoms with Crippen molar-refractivity contribution < 1.29 is 4.52 Å². The van der Waals surface area contributed by atoms with Crippen molar-refractivity contribution in [3.8, 4) is 11.4 Å². The standard InChI is InChI=1S/C15H10N4OS2/c1-2-4-12-10(3-1)7-16-18-15(12)22-9-13-17-14(19-20-13)11-5-6-21-8-11/h1-8H,9H2. The van der Waals surface area contributed by atoms with Crippen molar-refractivity contribution in [1.29, 1.82) is 0 Å². The van der Waals surface area contributed by atoms with E-state index in [0.29, 0.717) is 17.5 Å². The molecule has 0 radical (unpaired) electrons. The molecule has 4 rings (SSSR count). The molecular weight excluding hydrogens is 316 g/mol. The molecule has 4 aromatic rings. The monoisotopic (exact) mass is 326 g/mol. The number of benzene rings is 1. The van der Waals surface area contributed by atoms with Gasteiger partial charge in [-0.15, -0.1) is 5.10 Å². The van der Waals surface area contributed by atoms with Crippen LogP contribution in [0.3, 0.4) is 0 Å². The molecule has 0 unspecified atom stereocenters. The molecule has 3 heterocycles. The van der Waals surface area contributed by atoms with E-state index in [0.717, 1.165) is 21.4 Å². The summed E-state index contributed by atoms with van der Waals surface area (Å²) >= 11 is 3.16. The Bertz CT molecular complexity index is 899. The third-order valence-corrected chi connectivity index (χ3v) is 4.77. The first kappa shape index (κ1) is 13.4. The number of aromatic nitrogens is 4. The summed E-state index contributed by atoms with van der Waals surface area (Å²) < 4.78 is 5.30. The van der Waals surface area contributed by atoms with Gasteiger partial charge in [0.25, 0.3) is 0 Å². The van der Waals surface area contributed by atoms with Crippen LogP contribution < -0.4 is 0 Å². The third-order valence-electron chi connectivity index (χ3n) is 3.12. The second-order valence-corrected chi connectivity index (χ2v) is 6.29. The lowest BCUT2D eigenvalue weighted by atomic mass is 10.2. The van der Waals surface area contributed by atoms with E-state index in [4.69, 9.17) is 4.52 Å².